The summed E-state index contributed by atoms with van der Waals surface area (Å²) in [5.41, 5.74) is 6.64. The summed E-state index contributed by atoms with van der Waals surface area (Å²) in [5.74, 6) is -0.290. The number of amides is 2. The van der Waals surface area contributed by atoms with E-state index in [2.05, 4.69) is 5.32 Å². The van der Waals surface area contributed by atoms with E-state index in [1.807, 2.05) is 0 Å². The Morgan fingerprint density at radius 2 is 2.00 bits per heavy atom. The Labute approximate surface area is 112 Å². The van der Waals surface area contributed by atoms with Crippen LogP contribution in [-0.2, 0) is 4.79 Å². The maximum atomic E-state index is 12.1. The van der Waals surface area contributed by atoms with Gasteiger partial charge in [-0.05, 0) is 38.0 Å². The molecule has 2 amide bonds. The molecule has 5 nitrogen and oxygen atoms in total. The number of hydrogen-bond donors (Lipinski definition) is 2. The number of benzene rings is 1. The summed E-state index contributed by atoms with van der Waals surface area (Å²) < 4.78 is 0. The van der Waals surface area contributed by atoms with Crippen LogP contribution in [0.4, 0.5) is 5.69 Å². The van der Waals surface area contributed by atoms with Gasteiger partial charge in [-0.1, -0.05) is 6.07 Å². The van der Waals surface area contributed by atoms with E-state index >= 15 is 0 Å². The predicted octanol–water partition coefficient (Wildman–Crippen LogP) is 1.01. The van der Waals surface area contributed by atoms with Crippen molar-refractivity contribution in [2.45, 2.75) is 25.8 Å². The average molecular weight is 261 g/mol. The lowest BCUT2D eigenvalue weighted by Gasteiger charge is -2.21. The van der Waals surface area contributed by atoms with Crippen molar-refractivity contribution in [3.05, 3.63) is 29.8 Å². The van der Waals surface area contributed by atoms with Gasteiger partial charge in [-0.15, -0.1) is 0 Å². The molecule has 1 aliphatic rings. The Bertz CT molecular complexity index is 481. The van der Waals surface area contributed by atoms with Crippen LogP contribution in [0.2, 0.25) is 0 Å². The molecule has 2 rings (SSSR count). The Morgan fingerprint density at radius 3 is 2.63 bits per heavy atom. The van der Waals surface area contributed by atoms with Gasteiger partial charge in [0.1, 0.15) is 6.04 Å². The number of hydrogen-bond acceptors (Lipinski definition) is 3. The number of carbonyl (C=O) groups is 2. The molecule has 1 aromatic carbocycles. The molecule has 3 N–H and O–H groups in total. The average Bonchev–Trinajstić information content (AvgIpc) is 2.91. The SMILES string of the molecule is CC(NC(=O)c1cccc(N)c1)C(=O)N1CCCC1. The summed E-state index contributed by atoms with van der Waals surface area (Å²) in [4.78, 5) is 25.9. The molecule has 0 aromatic heterocycles. The highest BCUT2D eigenvalue weighted by Gasteiger charge is 2.24. The maximum absolute atomic E-state index is 12.1. The van der Waals surface area contributed by atoms with Crippen molar-refractivity contribution in [1.29, 1.82) is 0 Å². The van der Waals surface area contributed by atoms with Crippen molar-refractivity contribution < 1.29 is 9.59 Å². The van der Waals surface area contributed by atoms with Gasteiger partial charge in [0.15, 0.2) is 0 Å². The molecule has 5 heteroatoms. The van der Waals surface area contributed by atoms with Crippen LogP contribution in [0.3, 0.4) is 0 Å². The molecule has 1 atom stereocenters. The molecular weight excluding hydrogens is 242 g/mol. The molecule has 1 fully saturated rings. The fourth-order valence-corrected chi connectivity index (χ4v) is 2.23. The standard InChI is InChI=1S/C14H19N3O2/c1-10(14(19)17-7-2-3-8-17)16-13(18)11-5-4-6-12(15)9-11/h4-6,9-10H,2-3,7-8,15H2,1H3,(H,16,18). The highest BCUT2D eigenvalue weighted by Crippen LogP contribution is 2.10. The molecule has 1 unspecified atom stereocenters. The first-order valence-electron chi connectivity index (χ1n) is 6.53. The smallest absolute Gasteiger partial charge is 0.251 e. The number of nitrogen functional groups attached to an aromatic ring is 1. The number of likely N-dealkylation sites (tertiary alicyclic amines) is 1. The number of rotatable bonds is 3. The van der Waals surface area contributed by atoms with E-state index in [1.54, 1.807) is 36.1 Å². The lowest BCUT2D eigenvalue weighted by atomic mass is 10.1. The van der Waals surface area contributed by atoms with E-state index in [0.717, 1.165) is 25.9 Å². The van der Waals surface area contributed by atoms with Crippen molar-refractivity contribution in [3.63, 3.8) is 0 Å². The largest absolute Gasteiger partial charge is 0.399 e. The quantitative estimate of drug-likeness (QED) is 0.797. The van der Waals surface area contributed by atoms with E-state index in [0.29, 0.717) is 11.3 Å². The summed E-state index contributed by atoms with van der Waals surface area (Å²) >= 11 is 0. The Kier molecular flexibility index (Phi) is 4.04. The Balaban J connectivity index is 1.96. The number of nitrogens with two attached hydrogens (primary N) is 1. The lowest BCUT2D eigenvalue weighted by Crippen LogP contribution is -2.45. The zero-order valence-electron chi connectivity index (χ0n) is 11.1. The monoisotopic (exact) mass is 261 g/mol. The van der Waals surface area contributed by atoms with Gasteiger partial charge in [0, 0.05) is 24.3 Å². The highest BCUT2D eigenvalue weighted by atomic mass is 16.2. The van der Waals surface area contributed by atoms with Crippen molar-refractivity contribution >= 4 is 17.5 Å². The molecule has 0 spiro atoms. The first kappa shape index (κ1) is 13.4. The van der Waals surface area contributed by atoms with Crippen LogP contribution in [0.15, 0.2) is 24.3 Å². The molecule has 0 saturated carbocycles. The van der Waals surface area contributed by atoms with Crippen LogP contribution >= 0.6 is 0 Å². The minimum Gasteiger partial charge on any atom is -0.399 e. The molecule has 1 aromatic rings. The van der Waals surface area contributed by atoms with E-state index in [1.165, 1.54) is 0 Å². The zero-order valence-corrected chi connectivity index (χ0v) is 11.1. The van der Waals surface area contributed by atoms with E-state index in [-0.39, 0.29) is 11.8 Å². The molecule has 1 heterocycles. The Hall–Kier alpha value is -2.04. The van der Waals surface area contributed by atoms with Gasteiger partial charge in [0.2, 0.25) is 5.91 Å². The predicted molar refractivity (Wildman–Crippen MR) is 73.6 cm³/mol. The third-order valence-corrected chi connectivity index (χ3v) is 3.28. The van der Waals surface area contributed by atoms with Crippen LogP contribution in [0.25, 0.3) is 0 Å². The highest BCUT2D eigenvalue weighted by molar-refractivity contribution is 5.98. The number of nitrogens with zero attached hydrogens (tertiary/aromatic N) is 1. The van der Waals surface area contributed by atoms with E-state index in [9.17, 15) is 9.59 Å². The fourth-order valence-electron chi connectivity index (χ4n) is 2.23. The van der Waals surface area contributed by atoms with Gasteiger partial charge in [-0.25, -0.2) is 0 Å². The first-order chi connectivity index (χ1) is 9.08. The molecule has 0 radical (unpaired) electrons. The van der Waals surface area contributed by atoms with Crippen LogP contribution in [0, 0.1) is 0 Å². The van der Waals surface area contributed by atoms with Crippen LogP contribution in [-0.4, -0.2) is 35.8 Å². The Morgan fingerprint density at radius 1 is 1.32 bits per heavy atom. The molecule has 1 saturated heterocycles. The second-order valence-electron chi connectivity index (χ2n) is 4.85. The molecule has 0 aliphatic carbocycles. The number of nitrogens with one attached hydrogen (secondary N) is 1. The third kappa shape index (κ3) is 3.24. The van der Waals surface area contributed by atoms with E-state index < -0.39 is 6.04 Å². The van der Waals surface area contributed by atoms with Gasteiger partial charge in [0.25, 0.3) is 5.91 Å². The minimum atomic E-state index is -0.507. The lowest BCUT2D eigenvalue weighted by molar-refractivity contribution is -0.131. The first-order valence-corrected chi connectivity index (χ1v) is 6.53. The van der Waals surface area contributed by atoms with Gasteiger partial charge in [-0.3, -0.25) is 9.59 Å². The fraction of sp³-hybridized carbons (Fsp3) is 0.429. The molecule has 102 valence electrons. The van der Waals surface area contributed by atoms with Gasteiger partial charge in [-0.2, -0.15) is 0 Å². The summed E-state index contributed by atoms with van der Waals surface area (Å²) in [6.45, 7) is 3.29. The van der Waals surface area contributed by atoms with Crippen LogP contribution < -0.4 is 11.1 Å². The molecular formula is C14H19N3O2. The second-order valence-corrected chi connectivity index (χ2v) is 4.85. The summed E-state index contributed by atoms with van der Waals surface area (Å²) in [6.07, 6.45) is 2.09. The van der Waals surface area contributed by atoms with Crippen molar-refractivity contribution in [2.24, 2.45) is 0 Å². The minimum absolute atomic E-state index is 0.0187. The zero-order chi connectivity index (χ0) is 13.8. The number of carbonyl (C=O) groups excluding carboxylic acids is 2. The van der Waals surface area contributed by atoms with Crippen molar-refractivity contribution in [3.8, 4) is 0 Å². The second kappa shape index (κ2) is 5.73. The molecule has 1 aliphatic heterocycles. The molecule has 0 bridgehead atoms. The normalized spacial score (nSPS) is 16.2. The van der Waals surface area contributed by atoms with Crippen LogP contribution in [0.1, 0.15) is 30.1 Å². The van der Waals surface area contributed by atoms with Crippen LogP contribution in [0.5, 0.6) is 0 Å². The van der Waals surface area contributed by atoms with Gasteiger partial charge < -0.3 is 16.0 Å². The van der Waals surface area contributed by atoms with Gasteiger partial charge >= 0.3 is 0 Å². The topological polar surface area (TPSA) is 75.4 Å². The van der Waals surface area contributed by atoms with E-state index in [4.69, 9.17) is 5.73 Å². The van der Waals surface area contributed by atoms with Crippen molar-refractivity contribution in [2.75, 3.05) is 18.8 Å². The maximum Gasteiger partial charge on any atom is 0.251 e. The summed E-state index contributed by atoms with van der Waals surface area (Å²) in [5, 5.41) is 2.71. The summed E-state index contributed by atoms with van der Waals surface area (Å²) in [6, 6.07) is 6.21. The summed E-state index contributed by atoms with van der Waals surface area (Å²) in [7, 11) is 0. The van der Waals surface area contributed by atoms with Crippen molar-refractivity contribution in [1.82, 2.24) is 10.2 Å². The molecule has 19 heavy (non-hydrogen) atoms. The number of anilines is 1. The third-order valence-electron chi connectivity index (χ3n) is 3.28. The van der Waals surface area contributed by atoms with Gasteiger partial charge in [0.05, 0.1) is 0 Å².